The third-order valence-electron chi connectivity index (χ3n) is 1.17. The van der Waals surface area contributed by atoms with Gasteiger partial charge >= 0.3 is 0 Å². The summed E-state index contributed by atoms with van der Waals surface area (Å²) in [5.74, 6) is 0.201. The molecule has 1 amide bonds. The van der Waals surface area contributed by atoms with Crippen LogP contribution < -0.4 is 5.32 Å². The van der Waals surface area contributed by atoms with Crippen molar-refractivity contribution in [2.75, 3.05) is 6.54 Å². The lowest BCUT2D eigenvalue weighted by atomic mass is 10.2. The van der Waals surface area contributed by atoms with Gasteiger partial charge in [0.1, 0.15) is 0 Å². The van der Waals surface area contributed by atoms with Crippen molar-refractivity contribution in [3.63, 3.8) is 0 Å². The van der Waals surface area contributed by atoms with Crippen LogP contribution in [-0.4, -0.2) is 12.5 Å². The molecule has 2 heteroatoms. The van der Waals surface area contributed by atoms with Crippen molar-refractivity contribution in [1.82, 2.24) is 5.32 Å². The van der Waals surface area contributed by atoms with Gasteiger partial charge in [-0.25, -0.2) is 0 Å². The van der Waals surface area contributed by atoms with Crippen LogP contribution in [0.5, 0.6) is 0 Å². The maximum atomic E-state index is 10.9. The third-order valence-corrected chi connectivity index (χ3v) is 1.17. The molecular weight excluding hydrogens is 126 g/mol. The zero-order valence-corrected chi connectivity index (χ0v) is 6.68. The Morgan fingerprint density at radius 2 is 2.40 bits per heavy atom. The van der Waals surface area contributed by atoms with Crippen LogP contribution in [0.3, 0.4) is 0 Å². The molecular formula is C8H17NO. The Morgan fingerprint density at radius 1 is 1.80 bits per heavy atom. The maximum absolute atomic E-state index is 10.9. The van der Waals surface area contributed by atoms with E-state index in [0.29, 0.717) is 6.54 Å². The van der Waals surface area contributed by atoms with E-state index in [1.54, 1.807) is 6.08 Å². The Hall–Kier alpha value is -0.790. The molecule has 0 saturated heterocycles. The van der Waals surface area contributed by atoms with Gasteiger partial charge in [0, 0.05) is 13.9 Å². The van der Waals surface area contributed by atoms with Crippen LogP contribution in [0.2, 0.25) is 0 Å². The van der Waals surface area contributed by atoms with Crippen LogP contribution in [0.15, 0.2) is 12.7 Å². The van der Waals surface area contributed by atoms with Gasteiger partial charge in [-0.05, 0) is 6.42 Å². The van der Waals surface area contributed by atoms with E-state index in [0.717, 1.165) is 6.42 Å². The summed E-state index contributed by atoms with van der Waals surface area (Å²) in [5.41, 5.74) is 0. The van der Waals surface area contributed by atoms with Gasteiger partial charge in [-0.3, -0.25) is 4.79 Å². The van der Waals surface area contributed by atoms with Crippen molar-refractivity contribution in [2.24, 2.45) is 5.92 Å². The predicted molar refractivity (Wildman–Crippen MR) is 44.8 cm³/mol. The van der Waals surface area contributed by atoms with E-state index in [2.05, 4.69) is 11.9 Å². The number of hydrogen-bond donors (Lipinski definition) is 1. The van der Waals surface area contributed by atoms with Crippen LogP contribution in [0.1, 0.15) is 21.7 Å². The smallest absolute Gasteiger partial charge is 0.222 e. The summed E-state index contributed by atoms with van der Waals surface area (Å²) >= 11 is 0. The van der Waals surface area contributed by atoms with Crippen molar-refractivity contribution in [2.45, 2.75) is 20.3 Å². The van der Waals surface area contributed by atoms with E-state index < -0.39 is 0 Å². The minimum Gasteiger partial charge on any atom is -0.356 e. The van der Waals surface area contributed by atoms with E-state index in [4.69, 9.17) is 0 Å². The second-order valence-electron chi connectivity index (χ2n) is 2.52. The fraction of sp³-hybridized carbons (Fsp3) is 0.625. The van der Waals surface area contributed by atoms with Gasteiger partial charge in [-0.2, -0.15) is 0 Å². The Kier molecular flexibility index (Phi) is 4.63. The lowest BCUT2D eigenvalue weighted by molar-refractivity contribution is -0.123. The average molecular weight is 143 g/mol. The Balaban J connectivity index is 0. The molecule has 0 aliphatic carbocycles. The number of carbonyl (C=O) groups is 1. The Morgan fingerprint density at radius 3 is 2.80 bits per heavy atom. The molecule has 0 aromatic carbocycles. The summed E-state index contributed by atoms with van der Waals surface area (Å²) in [7, 11) is 0. The lowest BCUT2D eigenvalue weighted by Crippen LogP contribution is -2.28. The largest absolute Gasteiger partial charge is 0.356 e. The number of hydrogen-bond acceptors (Lipinski definition) is 1. The molecule has 10 heavy (non-hydrogen) atoms. The van der Waals surface area contributed by atoms with E-state index >= 15 is 0 Å². The second kappa shape index (κ2) is 5.03. The summed E-state index contributed by atoms with van der Waals surface area (Å²) in [6.07, 6.45) is 2.64. The van der Waals surface area contributed by atoms with Gasteiger partial charge < -0.3 is 5.32 Å². The molecule has 0 atom stereocenters. The minimum absolute atomic E-state index is 0. The van der Waals surface area contributed by atoms with Gasteiger partial charge in [-0.1, -0.05) is 19.9 Å². The van der Waals surface area contributed by atoms with Crippen LogP contribution in [0.4, 0.5) is 0 Å². The highest BCUT2D eigenvalue weighted by molar-refractivity contribution is 5.77. The first kappa shape index (κ1) is 9.21. The molecule has 2 nitrogen and oxygen atoms in total. The highest BCUT2D eigenvalue weighted by atomic mass is 16.1. The van der Waals surface area contributed by atoms with E-state index in [1.807, 2.05) is 13.8 Å². The molecule has 0 bridgehead atoms. The molecule has 0 aromatic heterocycles. The first-order chi connectivity index (χ1) is 4.68. The summed E-state index contributed by atoms with van der Waals surface area (Å²) in [6.45, 7) is 8.02. The number of amides is 1. The number of carbonyl (C=O) groups excluding carboxylic acids is 1. The van der Waals surface area contributed by atoms with Gasteiger partial charge in [0.2, 0.25) is 5.91 Å². The molecule has 0 heterocycles. The molecule has 0 spiro atoms. The van der Waals surface area contributed by atoms with Gasteiger partial charge in [0.05, 0.1) is 0 Å². The van der Waals surface area contributed by atoms with Crippen molar-refractivity contribution < 1.29 is 6.22 Å². The molecule has 0 saturated carbocycles. The average Bonchev–Trinajstić information content (AvgIpc) is 1.88. The molecule has 0 rings (SSSR count). The topological polar surface area (TPSA) is 29.1 Å². The first-order valence-electron chi connectivity index (χ1n) is 3.57. The normalized spacial score (nSPS) is 9.50. The summed E-state index contributed by atoms with van der Waals surface area (Å²) in [5, 5.41) is 2.77. The van der Waals surface area contributed by atoms with Crippen LogP contribution >= 0.6 is 0 Å². The van der Waals surface area contributed by atoms with Gasteiger partial charge in [-0.15, -0.1) is 6.58 Å². The zero-order chi connectivity index (χ0) is 7.98. The fourth-order valence-electron chi connectivity index (χ4n) is 0.502. The number of rotatable bonds is 4. The monoisotopic (exact) mass is 143 g/mol. The summed E-state index contributed by atoms with van der Waals surface area (Å²) in [4.78, 5) is 10.9. The van der Waals surface area contributed by atoms with E-state index in [1.165, 1.54) is 0 Å². The van der Waals surface area contributed by atoms with Crippen LogP contribution in [0.25, 0.3) is 0 Å². The second-order valence-corrected chi connectivity index (χ2v) is 2.52. The van der Waals surface area contributed by atoms with Crippen molar-refractivity contribution in [1.29, 1.82) is 0 Å². The van der Waals surface area contributed by atoms with Crippen molar-refractivity contribution >= 4 is 5.91 Å². The van der Waals surface area contributed by atoms with Gasteiger partial charge in [0.25, 0.3) is 0 Å². The SMILES string of the molecule is C=CCCNC(=O)C(C)C.[HH]. The van der Waals surface area contributed by atoms with Crippen molar-refractivity contribution in [3.05, 3.63) is 12.7 Å². The molecule has 60 valence electrons. The molecule has 0 fully saturated rings. The first-order valence-corrected chi connectivity index (χ1v) is 3.57. The highest BCUT2D eigenvalue weighted by Crippen LogP contribution is 1.89. The maximum Gasteiger partial charge on any atom is 0.222 e. The summed E-state index contributed by atoms with van der Waals surface area (Å²) in [6, 6.07) is 0. The fourth-order valence-corrected chi connectivity index (χ4v) is 0.502. The van der Waals surface area contributed by atoms with Crippen molar-refractivity contribution in [3.8, 4) is 0 Å². The lowest BCUT2D eigenvalue weighted by Gasteiger charge is -2.04. The predicted octanol–water partition coefficient (Wildman–Crippen LogP) is 1.58. The van der Waals surface area contributed by atoms with E-state index in [9.17, 15) is 4.79 Å². The quantitative estimate of drug-likeness (QED) is 0.470. The van der Waals surface area contributed by atoms with E-state index in [-0.39, 0.29) is 13.3 Å². The van der Waals surface area contributed by atoms with Crippen LogP contribution in [-0.2, 0) is 4.79 Å². The van der Waals surface area contributed by atoms with Crippen LogP contribution in [0, 0.1) is 5.92 Å². The molecule has 0 aliphatic rings. The molecule has 0 unspecified atom stereocenters. The Bertz CT molecular complexity index is 123. The molecule has 0 radical (unpaired) electrons. The standard InChI is InChI=1S/C8H15NO.H2/c1-4-5-6-9-8(10)7(2)3;/h4,7H,1,5-6H2,2-3H3,(H,9,10);1H. The number of nitrogens with one attached hydrogen (secondary N) is 1. The highest BCUT2D eigenvalue weighted by Gasteiger charge is 2.03. The summed E-state index contributed by atoms with van der Waals surface area (Å²) < 4.78 is 0. The minimum atomic E-state index is 0. The van der Waals surface area contributed by atoms with Gasteiger partial charge in [0.15, 0.2) is 0 Å². The zero-order valence-electron chi connectivity index (χ0n) is 6.68. The Labute approximate surface area is 63.8 Å². The molecule has 1 N–H and O–H groups in total. The molecule has 0 aromatic rings. The third kappa shape index (κ3) is 4.13. The molecule has 0 aliphatic heterocycles.